The van der Waals surface area contributed by atoms with Crippen molar-refractivity contribution >= 4 is 16.8 Å². The van der Waals surface area contributed by atoms with Gasteiger partial charge in [-0.25, -0.2) is 13.8 Å². The lowest BCUT2D eigenvalue weighted by molar-refractivity contribution is -0.123. The Balaban J connectivity index is 2.30. The van der Waals surface area contributed by atoms with Gasteiger partial charge in [0.1, 0.15) is 11.9 Å². The summed E-state index contributed by atoms with van der Waals surface area (Å²) in [4.78, 5) is 38.5. The summed E-state index contributed by atoms with van der Waals surface area (Å²) in [6.45, 7) is 4.03. The standard InChI is InChI=1S/C20H20FN3O3/c1-3-12-22-18(25)13(2)23-17-7-5-4-6-16(17)19(26)24(20(23)27)15-10-8-14(21)9-11-15/h4-11,13H,3,12H2,1-2H3,(H,22,25)/t13-/m1/s1. The van der Waals surface area contributed by atoms with Crippen molar-refractivity contribution in [1.82, 2.24) is 14.5 Å². The molecular formula is C20H20FN3O3. The van der Waals surface area contributed by atoms with E-state index in [9.17, 15) is 18.8 Å². The Kier molecular flexibility index (Phi) is 5.21. The number of nitrogens with zero attached hydrogens (tertiary/aromatic N) is 2. The van der Waals surface area contributed by atoms with Crippen molar-refractivity contribution in [2.45, 2.75) is 26.3 Å². The number of halogens is 1. The SMILES string of the molecule is CCCNC(=O)[C@@H](C)n1c(=O)n(-c2ccc(F)cc2)c(=O)c2ccccc21. The van der Waals surface area contributed by atoms with Crippen molar-refractivity contribution in [3.05, 3.63) is 75.2 Å². The number of amides is 1. The number of hydrogen-bond donors (Lipinski definition) is 1. The van der Waals surface area contributed by atoms with Gasteiger partial charge in [-0.05, 0) is 49.7 Å². The number of fused-ring (bicyclic) bond motifs is 1. The Bertz CT molecular complexity index is 1100. The molecule has 0 saturated heterocycles. The van der Waals surface area contributed by atoms with E-state index in [-0.39, 0.29) is 11.6 Å². The van der Waals surface area contributed by atoms with Crippen LogP contribution in [-0.2, 0) is 4.79 Å². The molecule has 1 amide bonds. The van der Waals surface area contributed by atoms with Crippen molar-refractivity contribution in [2.75, 3.05) is 6.54 Å². The van der Waals surface area contributed by atoms with Gasteiger partial charge in [0.25, 0.3) is 5.56 Å². The fourth-order valence-corrected chi connectivity index (χ4v) is 2.99. The normalized spacial score (nSPS) is 12.1. The van der Waals surface area contributed by atoms with Crippen LogP contribution < -0.4 is 16.6 Å². The van der Waals surface area contributed by atoms with Crippen LogP contribution in [0, 0.1) is 5.82 Å². The predicted molar refractivity (Wildman–Crippen MR) is 102 cm³/mol. The maximum absolute atomic E-state index is 13.3. The van der Waals surface area contributed by atoms with Gasteiger partial charge in [0.05, 0.1) is 16.6 Å². The molecule has 0 spiro atoms. The first kappa shape index (κ1) is 18.6. The van der Waals surface area contributed by atoms with Crippen LogP contribution in [0.25, 0.3) is 16.6 Å². The van der Waals surface area contributed by atoms with E-state index in [1.54, 1.807) is 31.2 Å². The zero-order chi connectivity index (χ0) is 19.6. The molecule has 0 aliphatic rings. The number of benzene rings is 2. The lowest BCUT2D eigenvalue weighted by Gasteiger charge is -2.19. The van der Waals surface area contributed by atoms with Crippen LogP contribution in [0.1, 0.15) is 26.3 Å². The van der Waals surface area contributed by atoms with Gasteiger partial charge >= 0.3 is 5.69 Å². The predicted octanol–water partition coefficient (Wildman–Crippen LogP) is 2.38. The maximum Gasteiger partial charge on any atom is 0.336 e. The molecule has 3 rings (SSSR count). The van der Waals surface area contributed by atoms with E-state index >= 15 is 0 Å². The lowest BCUT2D eigenvalue weighted by atomic mass is 10.2. The molecule has 27 heavy (non-hydrogen) atoms. The third-order valence-electron chi connectivity index (χ3n) is 4.40. The smallest absolute Gasteiger partial charge is 0.336 e. The molecule has 7 heteroatoms. The van der Waals surface area contributed by atoms with E-state index in [1.807, 2.05) is 6.92 Å². The molecule has 0 bridgehead atoms. The van der Waals surface area contributed by atoms with Crippen LogP contribution in [0.3, 0.4) is 0 Å². The number of para-hydroxylation sites is 1. The summed E-state index contributed by atoms with van der Waals surface area (Å²) in [6, 6.07) is 10.9. The van der Waals surface area contributed by atoms with Crippen molar-refractivity contribution in [2.24, 2.45) is 0 Å². The summed E-state index contributed by atoms with van der Waals surface area (Å²) < 4.78 is 15.5. The van der Waals surface area contributed by atoms with Gasteiger partial charge in [-0.1, -0.05) is 19.1 Å². The fraction of sp³-hybridized carbons (Fsp3) is 0.250. The Labute approximate surface area is 154 Å². The topological polar surface area (TPSA) is 73.1 Å². The van der Waals surface area contributed by atoms with Crippen molar-refractivity contribution in [1.29, 1.82) is 0 Å². The quantitative estimate of drug-likeness (QED) is 0.750. The van der Waals surface area contributed by atoms with Gasteiger partial charge in [0, 0.05) is 6.54 Å². The van der Waals surface area contributed by atoms with E-state index in [0.717, 1.165) is 11.0 Å². The average Bonchev–Trinajstić information content (AvgIpc) is 2.67. The summed E-state index contributed by atoms with van der Waals surface area (Å²) in [7, 11) is 0. The Hall–Kier alpha value is -3.22. The number of aromatic nitrogens is 2. The molecule has 140 valence electrons. The third-order valence-corrected chi connectivity index (χ3v) is 4.40. The minimum Gasteiger partial charge on any atom is -0.354 e. The van der Waals surface area contributed by atoms with Crippen molar-refractivity contribution < 1.29 is 9.18 Å². The number of rotatable bonds is 5. The van der Waals surface area contributed by atoms with Crippen molar-refractivity contribution in [3.8, 4) is 5.69 Å². The van der Waals surface area contributed by atoms with Gasteiger partial charge in [0.2, 0.25) is 5.91 Å². The average molecular weight is 369 g/mol. The monoisotopic (exact) mass is 369 g/mol. The van der Waals surface area contributed by atoms with Crippen LogP contribution in [-0.4, -0.2) is 21.6 Å². The highest BCUT2D eigenvalue weighted by atomic mass is 19.1. The van der Waals surface area contributed by atoms with E-state index < -0.39 is 23.1 Å². The second-order valence-electron chi connectivity index (χ2n) is 6.25. The summed E-state index contributed by atoms with van der Waals surface area (Å²) in [6.07, 6.45) is 0.767. The molecule has 2 aromatic carbocycles. The molecule has 1 atom stereocenters. The lowest BCUT2D eigenvalue weighted by Crippen LogP contribution is -2.43. The van der Waals surface area contributed by atoms with Gasteiger partial charge in [0.15, 0.2) is 0 Å². The molecule has 0 aliphatic heterocycles. The Morgan fingerprint density at radius 1 is 1.11 bits per heavy atom. The molecule has 3 aromatic rings. The fourth-order valence-electron chi connectivity index (χ4n) is 2.99. The largest absolute Gasteiger partial charge is 0.354 e. The molecule has 0 saturated carbocycles. The molecule has 1 heterocycles. The zero-order valence-electron chi connectivity index (χ0n) is 15.1. The first-order chi connectivity index (χ1) is 13.0. The molecule has 6 nitrogen and oxygen atoms in total. The molecule has 0 unspecified atom stereocenters. The molecule has 1 aromatic heterocycles. The Morgan fingerprint density at radius 3 is 2.44 bits per heavy atom. The maximum atomic E-state index is 13.3. The number of hydrogen-bond acceptors (Lipinski definition) is 3. The summed E-state index contributed by atoms with van der Waals surface area (Å²) >= 11 is 0. The highest BCUT2D eigenvalue weighted by Crippen LogP contribution is 2.15. The van der Waals surface area contributed by atoms with E-state index in [2.05, 4.69) is 5.32 Å². The molecular weight excluding hydrogens is 349 g/mol. The molecule has 0 fully saturated rings. The van der Waals surface area contributed by atoms with Gasteiger partial charge in [-0.2, -0.15) is 0 Å². The minimum atomic E-state index is -0.818. The first-order valence-electron chi connectivity index (χ1n) is 8.75. The number of carbonyl (C=O) groups is 1. The summed E-state index contributed by atoms with van der Waals surface area (Å²) in [5.74, 6) is -0.784. The van der Waals surface area contributed by atoms with Crippen LogP contribution >= 0.6 is 0 Å². The molecule has 1 N–H and O–H groups in total. The van der Waals surface area contributed by atoms with Crippen LogP contribution in [0.2, 0.25) is 0 Å². The second-order valence-corrected chi connectivity index (χ2v) is 6.25. The highest BCUT2D eigenvalue weighted by molar-refractivity contribution is 5.84. The Morgan fingerprint density at radius 2 is 1.78 bits per heavy atom. The van der Waals surface area contributed by atoms with E-state index in [1.165, 1.54) is 28.8 Å². The molecule has 0 aliphatic carbocycles. The van der Waals surface area contributed by atoms with Crippen LogP contribution in [0.15, 0.2) is 58.1 Å². The first-order valence-corrected chi connectivity index (χ1v) is 8.75. The van der Waals surface area contributed by atoms with Crippen LogP contribution in [0.4, 0.5) is 4.39 Å². The zero-order valence-corrected chi connectivity index (χ0v) is 15.1. The van der Waals surface area contributed by atoms with Gasteiger partial charge in [-0.3, -0.25) is 14.2 Å². The highest BCUT2D eigenvalue weighted by Gasteiger charge is 2.22. The van der Waals surface area contributed by atoms with Gasteiger partial charge < -0.3 is 5.32 Å². The minimum absolute atomic E-state index is 0.243. The van der Waals surface area contributed by atoms with E-state index in [4.69, 9.17) is 0 Å². The van der Waals surface area contributed by atoms with Crippen LogP contribution in [0.5, 0.6) is 0 Å². The molecule has 0 radical (unpaired) electrons. The number of nitrogens with one attached hydrogen (secondary N) is 1. The van der Waals surface area contributed by atoms with Crippen molar-refractivity contribution in [3.63, 3.8) is 0 Å². The number of carbonyl (C=O) groups excluding carboxylic acids is 1. The second kappa shape index (κ2) is 7.57. The summed E-state index contributed by atoms with van der Waals surface area (Å²) in [5.41, 5.74) is -0.541. The third kappa shape index (κ3) is 3.40. The van der Waals surface area contributed by atoms with Gasteiger partial charge in [-0.15, -0.1) is 0 Å². The van der Waals surface area contributed by atoms with E-state index in [0.29, 0.717) is 17.4 Å². The summed E-state index contributed by atoms with van der Waals surface area (Å²) in [5, 5.41) is 3.07.